The van der Waals surface area contributed by atoms with Gasteiger partial charge in [-0.25, -0.2) is 4.39 Å². The Hall–Kier alpha value is -1.95. The quantitative estimate of drug-likeness (QED) is 0.831. The first-order valence-corrected chi connectivity index (χ1v) is 8.06. The number of amides is 1. The van der Waals surface area contributed by atoms with E-state index in [0.29, 0.717) is 16.8 Å². The highest BCUT2D eigenvalue weighted by Crippen LogP contribution is 2.26. The molecule has 0 radical (unpaired) electrons. The highest BCUT2D eigenvalue weighted by Gasteiger charge is 2.17. The third-order valence-electron chi connectivity index (χ3n) is 3.42. The fraction of sp³-hybridized carbons (Fsp3) is 0.294. The average molecular weight is 381 g/mol. The lowest BCUT2D eigenvalue weighted by Crippen LogP contribution is -2.38. The summed E-state index contributed by atoms with van der Waals surface area (Å²) >= 11 is 3.21. The van der Waals surface area contributed by atoms with Gasteiger partial charge >= 0.3 is 0 Å². The molecular formula is C17H18BrFN2O2. The van der Waals surface area contributed by atoms with E-state index in [0.717, 1.165) is 5.56 Å². The lowest BCUT2D eigenvalue weighted by atomic mass is 10.0. The number of halogens is 2. The van der Waals surface area contributed by atoms with Crippen LogP contribution in [-0.2, 0) is 4.79 Å². The molecule has 0 aliphatic carbocycles. The van der Waals surface area contributed by atoms with E-state index in [1.807, 2.05) is 19.1 Å². The third kappa shape index (κ3) is 5.03. The molecule has 2 aromatic rings. The molecule has 6 heteroatoms. The predicted octanol–water partition coefficient (Wildman–Crippen LogP) is 3.67. The second kappa shape index (κ2) is 8.06. The summed E-state index contributed by atoms with van der Waals surface area (Å²) in [4.78, 5) is 16.1. The SMILES string of the molecule is CC(Oc1ccc(F)cc1Br)C(=O)NCC(C)c1ccncc1. The fourth-order valence-corrected chi connectivity index (χ4v) is 2.47. The molecule has 1 heterocycles. The van der Waals surface area contributed by atoms with E-state index < -0.39 is 6.10 Å². The molecule has 2 rings (SSSR count). The van der Waals surface area contributed by atoms with E-state index in [4.69, 9.17) is 4.74 Å². The van der Waals surface area contributed by atoms with Crippen LogP contribution in [0.2, 0.25) is 0 Å². The number of hydrogen-bond donors (Lipinski definition) is 1. The molecule has 2 unspecified atom stereocenters. The van der Waals surface area contributed by atoms with Crippen LogP contribution in [0.3, 0.4) is 0 Å². The topological polar surface area (TPSA) is 51.2 Å². The summed E-state index contributed by atoms with van der Waals surface area (Å²) in [7, 11) is 0. The zero-order chi connectivity index (χ0) is 16.8. The van der Waals surface area contributed by atoms with Gasteiger partial charge in [-0.05, 0) is 64.7 Å². The van der Waals surface area contributed by atoms with E-state index >= 15 is 0 Å². The van der Waals surface area contributed by atoms with Crippen molar-refractivity contribution in [1.29, 1.82) is 0 Å². The zero-order valence-electron chi connectivity index (χ0n) is 12.9. The van der Waals surface area contributed by atoms with Gasteiger partial charge in [0.1, 0.15) is 11.6 Å². The summed E-state index contributed by atoms with van der Waals surface area (Å²) in [5.74, 6) is 0.0116. The van der Waals surface area contributed by atoms with E-state index in [2.05, 4.69) is 26.2 Å². The minimum atomic E-state index is -0.679. The summed E-state index contributed by atoms with van der Waals surface area (Å²) in [5, 5.41) is 2.86. The number of carbonyl (C=O) groups excluding carboxylic acids is 1. The molecule has 1 amide bonds. The van der Waals surface area contributed by atoms with Gasteiger partial charge in [-0.3, -0.25) is 9.78 Å². The molecule has 0 fully saturated rings. The molecule has 1 aromatic heterocycles. The van der Waals surface area contributed by atoms with Crippen LogP contribution in [-0.4, -0.2) is 23.5 Å². The van der Waals surface area contributed by atoms with Crippen LogP contribution < -0.4 is 10.1 Å². The summed E-state index contributed by atoms with van der Waals surface area (Å²) in [6.45, 7) is 4.18. The van der Waals surface area contributed by atoms with Gasteiger partial charge in [0.2, 0.25) is 0 Å². The third-order valence-corrected chi connectivity index (χ3v) is 4.04. The molecule has 0 saturated carbocycles. The maximum atomic E-state index is 13.0. The minimum absolute atomic E-state index is 0.173. The van der Waals surface area contributed by atoms with Crippen LogP contribution in [0.1, 0.15) is 25.3 Å². The molecule has 0 aliphatic heterocycles. The van der Waals surface area contributed by atoms with Gasteiger partial charge in [0.05, 0.1) is 4.47 Å². The number of aromatic nitrogens is 1. The monoisotopic (exact) mass is 380 g/mol. The highest BCUT2D eigenvalue weighted by atomic mass is 79.9. The Morgan fingerprint density at radius 2 is 2.00 bits per heavy atom. The number of carbonyl (C=O) groups is 1. The molecule has 23 heavy (non-hydrogen) atoms. The van der Waals surface area contributed by atoms with Crippen molar-refractivity contribution < 1.29 is 13.9 Å². The van der Waals surface area contributed by atoms with Crippen molar-refractivity contribution in [2.45, 2.75) is 25.9 Å². The number of pyridine rings is 1. The van der Waals surface area contributed by atoms with Crippen molar-refractivity contribution in [3.63, 3.8) is 0 Å². The Labute approximate surface area is 143 Å². The Morgan fingerprint density at radius 1 is 1.30 bits per heavy atom. The second-order valence-corrected chi connectivity index (χ2v) is 6.12. The van der Waals surface area contributed by atoms with Gasteiger partial charge in [0, 0.05) is 18.9 Å². The minimum Gasteiger partial charge on any atom is -0.480 e. The Balaban J connectivity index is 1.87. The van der Waals surface area contributed by atoms with Gasteiger partial charge in [-0.15, -0.1) is 0 Å². The molecule has 0 saturated heterocycles. The molecule has 0 aliphatic rings. The van der Waals surface area contributed by atoms with E-state index in [1.54, 1.807) is 19.3 Å². The van der Waals surface area contributed by atoms with Crippen molar-refractivity contribution >= 4 is 21.8 Å². The summed E-state index contributed by atoms with van der Waals surface area (Å²) in [6.07, 6.45) is 2.78. The van der Waals surface area contributed by atoms with E-state index in [1.165, 1.54) is 18.2 Å². The number of rotatable bonds is 6. The van der Waals surface area contributed by atoms with Gasteiger partial charge in [0.25, 0.3) is 5.91 Å². The van der Waals surface area contributed by atoms with E-state index in [-0.39, 0.29) is 17.6 Å². The number of benzene rings is 1. The van der Waals surface area contributed by atoms with Crippen LogP contribution in [0.25, 0.3) is 0 Å². The van der Waals surface area contributed by atoms with Gasteiger partial charge in [-0.2, -0.15) is 0 Å². The zero-order valence-corrected chi connectivity index (χ0v) is 14.5. The molecule has 4 nitrogen and oxygen atoms in total. The van der Waals surface area contributed by atoms with E-state index in [9.17, 15) is 9.18 Å². The van der Waals surface area contributed by atoms with Crippen molar-refractivity contribution in [3.05, 3.63) is 58.6 Å². The van der Waals surface area contributed by atoms with Crippen LogP contribution in [0, 0.1) is 5.82 Å². The number of nitrogens with one attached hydrogen (secondary N) is 1. The lowest BCUT2D eigenvalue weighted by Gasteiger charge is -2.18. The number of ether oxygens (including phenoxy) is 1. The van der Waals surface area contributed by atoms with Gasteiger partial charge < -0.3 is 10.1 Å². The summed E-state index contributed by atoms with van der Waals surface area (Å²) < 4.78 is 19.1. The molecular weight excluding hydrogens is 363 g/mol. The second-order valence-electron chi connectivity index (χ2n) is 5.26. The lowest BCUT2D eigenvalue weighted by molar-refractivity contribution is -0.127. The number of nitrogens with zero attached hydrogens (tertiary/aromatic N) is 1. The average Bonchev–Trinajstić information content (AvgIpc) is 2.55. The van der Waals surface area contributed by atoms with Crippen LogP contribution in [0.4, 0.5) is 4.39 Å². The van der Waals surface area contributed by atoms with Crippen molar-refractivity contribution in [2.75, 3.05) is 6.54 Å². The fourth-order valence-electron chi connectivity index (χ4n) is 2.02. The molecule has 0 spiro atoms. The maximum absolute atomic E-state index is 13.0. The largest absolute Gasteiger partial charge is 0.480 e. The first kappa shape index (κ1) is 17.4. The normalized spacial score (nSPS) is 13.2. The van der Waals surface area contributed by atoms with Gasteiger partial charge in [-0.1, -0.05) is 6.92 Å². The van der Waals surface area contributed by atoms with Crippen molar-refractivity contribution in [3.8, 4) is 5.75 Å². The maximum Gasteiger partial charge on any atom is 0.260 e. The predicted molar refractivity (Wildman–Crippen MR) is 89.9 cm³/mol. The van der Waals surface area contributed by atoms with Crippen molar-refractivity contribution in [1.82, 2.24) is 10.3 Å². The Bertz CT molecular complexity index is 667. The standard InChI is InChI=1S/C17H18BrFN2O2/c1-11(13-5-7-20-8-6-13)10-21-17(22)12(2)23-16-4-3-14(19)9-15(16)18/h3-9,11-12H,10H2,1-2H3,(H,21,22). The number of hydrogen-bond acceptors (Lipinski definition) is 3. The first-order valence-electron chi connectivity index (χ1n) is 7.26. The smallest absolute Gasteiger partial charge is 0.260 e. The molecule has 1 N–H and O–H groups in total. The molecule has 122 valence electrons. The summed E-state index contributed by atoms with van der Waals surface area (Å²) in [5.41, 5.74) is 1.11. The van der Waals surface area contributed by atoms with Gasteiger partial charge in [0.15, 0.2) is 6.10 Å². The Kier molecular flexibility index (Phi) is 6.10. The van der Waals surface area contributed by atoms with Crippen LogP contribution in [0.5, 0.6) is 5.75 Å². The molecule has 0 bridgehead atoms. The molecule has 2 atom stereocenters. The molecule has 1 aromatic carbocycles. The van der Waals surface area contributed by atoms with Crippen LogP contribution in [0.15, 0.2) is 47.2 Å². The Morgan fingerprint density at radius 3 is 2.65 bits per heavy atom. The van der Waals surface area contributed by atoms with Crippen molar-refractivity contribution in [2.24, 2.45) is 0 Å². The first-order chi connectivity index (χ1) is 11.0. The van der Waals surface area contributed by atoms with Crippen LogP contribution >= 0.6 is 15.9 Å². The highest BCUT2D eigenvalue weighted by molar-refractivity contribution is 9.10. The summed E-state index contributed by atoms with van der Waals surface area (Å²) in [6, 6.07) is 7.92.